The van der Waals surface area contributed by atoms with Gasteiger partial charge in [-0.05, 0) is 56.5 Å². The smallest absolute Gasteiger partial charge is 0.317 e. The van der Waals surface area contributed by atoms with E-state index in [-0.39, 0.29) is 13.2 Å². The number of hydrogen-bond donors (Lipinski definition) is 1. The van der Waals surface area contributed by atoms with E-state index in [4.69, 9.17) is 15.1 Å². The third kappa shape index (κ3) is 6.69. The van der Waals surface area contributed by atoms with Gasteiger partial charge >= 0.3 is 5.97 Å². The average Bonchev–Trinajstić information content (AvgIpc) is 2.63. The van der Waals surface area contributed by atoms with Crippen molar-refractivity contribution in [3.05, 3.63) is 59.6 Å². The normalized spacial score (nSPS) is 16.2. The molecule has 0 saturated carbocycles. The van der Waals surface area contributed by atoms with Gasteiger partial charge in [-0.25, -0.2) is 4.39 Å². The number of hydrogen-bond acceptors (Lipinski definition) is 4. The third-order valence-electron chi connectivity index (χ3n) is 4.38. The lowest BCUT2D eigenvalue weighted by atomic mass is 9.93. The highest BCUT2D eigenvalue weighted by atomic mass is 19.1. The lowest BCUT2D eigenvalue weighted by Gasteiger charge is -2.30. The minimum absolute atomic E-state index is 0.115. The number of nitrogens with zero attached hydrogens (tertiary/aromatic N) is 2. The number of ether oxygens (including phenoxy) is 1. The first kappa shape index (κ1) is 19.7. The molecule has 1 aromatic rings. The Morgan fingerprint density at radius 2 is 2.15 bits per heavy atom. The van der Waals surface area contributed by atoms with Gasteiger partial charge in [0.25, 0.3) is 0 Å². The number of likely N-dealkylation sites (tertiary alicyclic amines) is 1. The van der Waals surface area contributed by atoms with Crippen molar-refractivity contribution in [2.45, 2.75) is 25.9 Å². The SMILES string of the molecule is N#Cc1ccc(COC=C/C=C\CC2CCN(CC(=O)O)CC2)c(F)c1. The van der Waals surface area contributed by atoms with Crippen LogP contribution < -0.4 is 0 Å². The maximum Gasteiger partial charge on any atom is 0.317 e. The molecule has 1 fully saturated rings. The predicted octanol–water partition coefficient (Wildman–Crippen LogP) is 3.47. The molecule has 2 rings (SSSR count). The summed E-state index contributed by atoms with van der Waals surface area (Å²) in [4.78, 5) is 12.6. The third-order valence-corrected chi connectivity index (χ3v) is 4.38. The molecule has 1 saturated heterocycles. The molecule has 0 atom stereocenters. The van der Waals surface area contributed by atoms with Crippen molar-refractivity contribution in [3.8, 4) is 6.07 Å². The van der Waals surface area contributed by atoms with Crippen molar-refractivity contribution >= 4 is 5.97 Å². The minimum atomic E-state index is -0.769. The summed E-state index contributed by atoms with van der Waals surface area (Å²) in [5.41, 5.74) is 0.698. The molecule has 1 aliphatic rings. The van der Waals surface area contributed by atoms with Gasteiger partial charge in [-0.3, -0.25) is 9.69 Å². The molecule has 6 heteroatoms. The van der Waals surface area contributed by atoms with Crippen LogP contribution in [-0.2, 0) is 16.1 Å². The van der Waals surface area contributed by atoms with Crippen LogP contribution in [0.2, 0.25) is 0 Å². The number of piperidine rings is 1. The molecule has 0 bridgehead atoms. The van der Waals surface area contributed by atoms with Crippen molar-refractivity contribution in [2.24, 2.45) is 5.92 Å². The number of carboxylic acid groups (broad SMARTS) is 1. The van der Waals surface area contributed by atoms with E-state index in [1.165, 1.54) is 12.3 Å². The van der Waals surface area contributed by atoms with Gasteiger partial charge in [-0.15, -0.1) is 0 Å². The minimum Gasteiger partial charge on any atom is -0.496 e. The second kappa shape index (κ2) is 10.4. The molecule has 1 N–H and O–H groups in total. The molecular formula is C20H23FN2O3. The Morgan fingerprint density at radius 1 is 1.38 bits per heavy atom. The molecule has 0 spiro atoms. The summed E-state index contributed by atoms with van der Waals surface area (Å²) < 4.78 is 19.0. The van der Waals surface area contributed by atoms with Crippen molar-refractivity contribution in [1.29, 1.82) is 5.26 Å². The summed E-state index contributed by atoms with van der Waals surface area (Å²) in [5, 5.41) is 17.5. The number of halogens is 1. The summed E-state index contributed by atoms with van der Waals surface area (Å²) in [6.07, 6.45) is 10.2. The molecule has 26 heavy (non-hydrogen) atoms. The highest BCUT2D eigenvalue weighted by molar-refractivity contribution is 5.69. The van der Waals surface area contributed by atoms with Crippen LogP contribution in [0.4, 0.5) is 4.39 Å². The monoisotopic (exact) mass is 358 g/mol. The summed E-state index contributed by atoms with van der Waals surface area (Å²) >= 11 is 0. The Morgan fingerprint density at radius 3 is 2.81 bits per heavy atom. The van der Waals surface area contributed by atoms with Crippen LogP contribution in [0.25, 0.3) is 0 Å². The Kier molecular flexibility index (Phi) is 7.84. The molecule has 0 amide bonds. The van der Waals surface area contributed by atoms with Gasteiger partial charge in [0.1, 0.15) is 12.4 Å². The van der Waals surface area contributed by atoms with Crippen LogP contribution in [0.5, 0.6) is 0 Å². The number of benzene rings is 1. The van der Waals surface area contributed by atoms with E-state index < -0.39 is 11.8 Å². The Labute approximate surface area is 153 Å². The van der Waals surface area contributed by atoms with E-state index in [1.807, 2.05) is 17.0 Å². The van der Waals surface area contributed by atoms with Crippen molar-refractivity contribution in [3.63, 3.8) is 0 Å². The summed E-state index contributed by atoms with van der Waals surface area (Å²) in [6.45, 7) is 1.91. The molecule has 1 aliphatic heterocycles. The summed E-state index contributed by atoms with van der Waals surface area (Å²) in [5.74, 6) is -0.630. The lowest BCUT2D eigenvalue weighted by Crippen LogP contribution is -2.37. The predicted molar refractivity (Wildman–Crippen MR) is 95.6 cm³/mol. The van der Waals surface area contributed by atoms with E-state index in [0.717, 1.165) is 32.4 Å². The summed E-state index contributed by atoms with van der Waals surface area (Å²) in [6, 6.07) is 6.20. The fourth-order valence-electron chi connectivity index (χ4n) is 2.89. The van der Waals surface area contributed by atoms with Gasteiger partial charge in [0.2, 0.25) is 0 Å². The van der Waals surface area contributed by atoms with Crippen LogP contribution >= 0.6 is 0 Å². The maximum atomic E-state index is 13.7. The van der Waals surface area contributed by atoms with Crippen LogP contribution in [0.3, 0.4) is 0 Å². The quantitative estimate of drug-likeness (QED) is 0.569. The first-order valence-electron chi connectivity index (χ1n) is 8.64. The Bertz CT molecular complexity index is 701. The topological polar surface area (TPSA) is 73.6 Å². The average molecular weight is 358 g/mol. The standard InChI is InChI=1S/C20H23FN2O3/c21-19-12-17(13-22)5-6-18(19)15-26-11-3-1-2-4-16-7-9-23(10-8-16)14-20(24)25/h1-3,5-6,11-12,16H,4,7-10,14-15H2,(H,24,25)/b2-1-,11-3?. The van der Waals surface area contributed by atoms with Crippen LogP contribution in [0.1, 0.15) is 30.4 Å². The van der Waals surface area contributed by atoms with Gasteiger partial charge in [0.05, 0.1) is 24.4 Å². The molecular weight excluding hydrogens is 335 g/mol. The highest BCUT2D eigenvalue weighted by Crippen LogP contribution is 2.20. The van der Waals surface area contributed by atoms with Crippen LogP contribution in [-0.4, -0.2) is 35.6 Å². The van der Waals surface area contributed by atoms with E-state index >= 15 is 0 Å². The molecule has 5 nitrogen and oxygen atoms in total. The lowest BCUT2D eigenvalue weighted by molar-refractivity contribution is -0.138. The number of rotatable bonds is 8. The fraction of sp³-hybridized carbons (Fsp3) is 0.400. The maximum absolute atomic E-state index is 13.7. The molecule has 138 valence electrons. The second-order valence-electron chi connectivity index (χ2n) is 6.33. The number of aliphatic carboxylic acids is 1. The Balaban J connectivity index is 1.63. The Hall–Kier alpha value is -2.65. The van der Waals surface area contributed by atoms with E-state index in [0.29, 0.717) is 17.0 Å². The van der Waals surface area contributed by atoms with Gasteiger partial charge in [0.15, 0.2) is 0 Å². The summed E-state index contributed by atoms with van der Waals surface area (Å²) in [7, 11) is 0. The zero-order chi connectivity index (χ0) is 18.8. The molecule has 0 aliphatic carbocycles. The van der Waals surface area contributed by atoms with Crippen molar-refractivity contribution in [2.75, 3.05) is 19.6 Å². The van der Waals surface area contributed by atoms with Gasteiger partial charge < -0.3 is 9.84 Å². The molecule has 0 unspecified atom stereocenters. The number of nitriles is 1. The number of carboxylic acids is 1. The fourth-order valence-corrected chi connectivity index (χ4v) is 2.89. The second-order valence-corrected chi connectivity index (χ2v) is 6.33. The molecule has 1 heterocycles. The zero-order valence-electron chi connectivity index (χ0n) is 14.6. The van der Waals surface area contributed by atoms with Crippen LogP contribution in [0, 0.1) is 23.1 Å². The molecule has 1 aromatic carbocycles. The molecule has 0 aromatic heterocycles. The molecule has 0 radical (unpaired) electrons. The van der Waals surface area contributed by atoms with E-state index in [2.05, 4.69) is 6.08 Å². The van der Waals surface area contributed by atoms with Gasteiger partial charge in [-0.1, -0.05) is 18.2 Å². The van der Waals surface area contributed by atoms with E-state index in [1.54, 1.807) is 18.2 Å². The highest BCUT2D eigenvalue weighted by Gasteiger charge is 2.19. The largest absolute Gasteiger partial charge is 0.496 e. The first-order valence-corrected chi connectivity index (χ1v) is 8.64. The van der Waals surface area contributed by atoms with E-state index in [9.17, 15) is 9.18 Å². The van der Waals surface area contributed by atoms with Crippen molar-refractivity contribution < 1.29 is 19.0 Å². The zero-order valence-corrected chi connectivity index (χ0v) is 14.6. The number of carbonyl (C=O) groups is 1. The van der Waals surface area contributed by atoms with Gasteiger partial charge in [0, 0.05) is 5.56 Å². The van der Waals surface area contributed by atoms with Crippen molar-refractivity contribution in [1.82, 2.24) is 4.90 Å². The first-order chi connectivity index (χ1) is 12.6. The number of allylic oxidation sites excluding steroid dienone is 3. The van der Waals surface area contributed by atoms with Crippen LogP contribution in [0.15, 0.2) is 42.7 Å². The van der Waals surface area contributed by atoms with Gasteiger partial charge in [-0.2, -0.15) is 5.26 Å².